The second-order valence-electron chi connectivity index (χ2n) is 6.44. The van der Waals surface area contributed by atoms with Gasteiger partial charge in [-0.05, 0) is 47.3 Å². The molecule has 0 saturated heterocycles. The Kier molecular flexibility index (Phi) is 4.22. The summed E-state index contributed by atoms with van der Waals surface area (Å²) in [6.07, 6.45) is 12.8. The van der Waals surface area contributed by atoms with Gasteiger partial charge in [-0.3, -0.25) is 4.79 Å². The molecule has 1 saturated carbocycles. The summed E-state index contributed by atoms with van der Waals surface area (Å²) in [5, 5.41) is 2.96. The lowest BCUT2D eigenvalue weighted by atomic mass is 9.85. The number of anilines is 1. The van der Waals surface area contributed by atoms with Crippen molar-refractivity contribution in [2.24, 2.45) is 11.3 Å². The third kappa shape index (κ3) is 3.02. The van der Waals surface area contributed by atoms with Gasteiger partial charge in [0.2, 0.25) is 5.91 Å². The van der Waals surface area contributed by atoms with Gasteiger partial charge in [0.05, 0.1) is 10.2 Å². The summed E-state index contributed by atoms with van der Waals surface area (Å²) >= 11 is 3.53. The molecule has 1 amide bonds. The van der Waals surface area contributed by atoms with Gasteiger partial charge in [-0.25, -0.2) is 4.98 Å². The van der Waals surface area contributed by atoms with Gasteiger partial charge in [-0.15, -0.1) is 0 Å². The molecule has 2 aliphatic carbocycles. The number of hydrogen-bond donors (Lipinski definition) is 1. The number of amides is 1. The highest BCUT2D eigenvalue weighted by molar-refractivity contribution is 9.10. The van der Waals surface area contributed by atoms with E-state index in [4.69, 9.17) is 0 Å². The van der Waals surface area contributed by atoms with Gasteiger partial charge in [0.15, 0.2) is 0 Å². The molecule has 0 radical (unpaired) electrons. The summed E-state index contributed by atoms with van der Waals surface area (Å²) < 4.78 is 0.831. The van der Waals surface area contributed by atoms with Crippen LogP contribution in [0.25, 0.3) is 12.2 Å². The van der Waals surface area contributed by atoms with E-state index >= 15 is 0 Å². The van der Waals surface area contributed by atoms with Crippen molar-refractivity contribution < 1.29 is 4.79 Å². The van der Waals surface area contributed by atoms with Crippen LogP contribution in [0.4, 0.5) is 5.82 Å². The van der Waals surface area contributed by atoms with Crippen molar-refractivity contribution in [1.29, 1.82) is 0 Å². The van der Waals surface area contributed by atoms with Crippen LogP contribution >= 0.6 is 15.9 Å². The highest BCUT2D eigenvalue weighted by atomic mass is 79.9. The standard InChI is InChI=1S/C18H21BrN2O/c1-3-18(2)9-7-13-11-14(19)16(20-15(13)8-10-18)21-17(22)12-5-4-6-12/h7-12H,3-6H2,1-2H3,(H,20,21,22). The molecule has 1 unspecified atom stereocenters. The predicted molar refractivity (Wildman–Crippen MR) is 94.4 cm³/mol. The summed E-state index contributed by atoms with van der Waals surface area (Å²) in [4.78, 5) is 16.8. The number of rotatable bonds is 3. The van der Waals surface area contributed by atoms with Crippen molar-refractivity contribution in [3.05, 3.63) is 33.9 Å². The molecular weight excluding hydrogens is 340 g/mol. The summed E-state index contributed by atoms with van der Waals surface area (Å²) in [5.74, 6) is 0.867. The summed E-state index contributed by atoms with van der Waals surface area (Å²) in [5.41, 5.74) is 2.03. The molecular formula is C18H21BrN2O. The second kappa shape index (κ2) is 5.99. The zero-order valence-electron chi connectivity index (χ0n) is 13.0. The van der Waals surface area contributed by atoms with E-state index in [1.165, 1.54) is 0 Å². The predicted octanol–water partition coefficient (Wildman–Crippen LogP) is 5.04. The molecule has 1 aromatic rings. The van der Waals surface area contributed by atoms with Crippen LogP contribution in [-0.4, -0.2) is 10.9 Å². The average molecular weight is 361 g/mol. The molecule has 0 spiro atoms. The zero-order chi connectivity index (χ0) is 15.7. The Bertz CT molecular complexity index is 661. The van der Waals surface area contributed by atoms with Crippen LogP contribution in [-0.2, 0) is 4.79 Å². The molecule has 1 atom stereocenters. The van der Waals surface area contributed by atoms with Crippen molar-refractivity contribution in [2.75, 3.05) is 5.32 Å². The van der Waals surface area contributed by atoms with Gasteiger partial charge >= 0.3 is 0 Å². The number of nitrogens with one attached hydrogen (secondary N) is 1. The number of carbonyl (C=O) groups is 1. The molecule has 3 rings (SSSR count). The molecule has 2 aliphatic rings. The topological polar surface area (TPSA) is 42.0 Å². The Morgan fingerprint density at radius 1 is 1.41 bits per heavy atom. The van der Waals surface area contributed by atoms with Gasteiger partial charge < -0.3 is 5.32 Å². The second-order valence-corrected chi connectivity index (χ2v) is 7.29. The lowest BCUT2D eigenvalue weighted by Gasteiger charge is -2.24. The van der Waals surface area contributed by atoms with Crippen LogP contribution in [0.15, 0.2) is 22.7 Å². The Morgan fingerprint density at radius 2 is 2.14 bits per heavy atom. The van der Waals surface area contributed by atoms with Crippen LogP contribution in [0.5, 0.6) is 0 Å². The van der Waals surface area contributed by atoms with E-state index in [1.54, 1.807) is 0 Å². The number of carbonyl (C=O) groups excluding carboxylic acids is 1. The molecule has 4 heteroatoms. The fraction of sp³-hybridized carbons (Fsp3) is 0.444. The van der Waals surface area contributed by atoms with E-state index in [2.05, 4.69) is 64.4 Å². The smallest absolute Gasteiger partial charge is 0.228 e. The Labute approximate surface area is 140 Å². The molecule has 3 nitrogen and oxygen atoms in total. The van der Waals surface area contributed by atoms with Gasteiger partial charge in [0.25, 0.3) is 0 Å². The molecule has 1 heterocycles. The number of nitrogens with zero attached hydrogens (tertiary/aromatic N) is 1. The van der Waals surface area contributed by atoms with E-state index in [0.717, 1.165) is 41.4 Å². The van der Waals surface area contributed by atoms with Crippen LogP contribution in [0.3, 0.4) is 0 Å². The lowest BCUT2D eigenvalue weighted by Crippen LogP contribution is -2.28. The molecule has 0 aromatic carbocycles. The quantitative estimate of drug-likeness (QED) is 0.820. The molecule has 22 heavy (non-hydrogen) atoms. The Morgan fingerprint density at radius 3 is 2.77 bits per heavy atom. The average Bonchev–Trinajstić information content (AvgIpc) is 2.59. The van der Waals surface area contributed by atoms with E-state index in [9.17, 15) is 4.79 Å². The highest BCUT2D eigenvalue weighted by Gasteiger charge is 2.26. The lowest BCUT2D eigenvalue weighted by molar-refractivity contribution is -0.122. The minimum atomic E-state index is 0.0581. The SMILES string of the molecule is CCC1(C)C=Cc2cc(Br)c(NC(=O)C3CCC3)nc2C=C1. The summed E-state index contributed by atoms with van der Waals surface area (Å²) in [6.45, 7) is 4.39. The molecule has 1 N–H and O–H groups in total. The minimum absolute atomic E-state index is 0.0581. The van der Waals surface area contributed by atoms with Crippen LogP contribution in [0.2, 0.25) is 0 Å². The fourth-order valence-corrected chi connectivity index (χ4v) is 3.04. The first kappa shape index (κ1) is 15.5. The molecule has 1 fully saturated rings. The van der Waals surface area contributed by atoms with E-state index in [-0.39, 0.29) is 17.2 Å². The van der Waals surface area contributed by atoms with E-state index in [0.29, 0.717) is 5.82 Å². The molecule has 0 aliphatic heterocycles. The summed E-state index contributed by atoms with van der Waals surface area (Å²) in [6, 6.07) is 2.03. The molecule has 116 valence electrons. The molecule has 0 bridgehead atoms. The van der Waals surface area contributed by atoms with Gasteiger partial charge in [-0.1, -0.05) is 38.5 Å². The zero-order valence-corrected chi connectivity index (χ0v) is 14.6. The van der Waals surface area contributed by atoms with Crippen molar-refractivity contribution in [3.63, 3.8) is 0 Å². The normalized spacial score (nSPS) is 23.6. The van der Waals surface area contributed by atoms with E-state index in [1.807, 2.05) is 6.07 Å². The van der Waals surface area contributed by atoms with Crippen LogP contribution in [0, 0.1) is 11.3 Å². The van der Waals surface area contributed by atoms with Gasteiger partial charge in [0, 0.05) is 16.9 Å². The van der Waals surface area contributed by atoms with Crippen molar-refractivity contribution >= 4 is 39.8 Å². The maximum absolute atomic E-state index is 12.1. The number of halogens is 1. The maximum Gasteiger partial charge on any atom is 0.228 e. The third-order valence-electron chi connectivity index (χ3n) is 4.78. The van der Waals surface area contributed by atoms with Crippen molar-refractivity contribution in [2.45, 2.75) is 39.5 Å². The van der Waals surface area contributed by atoms with Crippen molar-refractivity contribution in [1.82, 2.24) is 4.98 Å². The van der Waals surface area contributed by atoms with Crippen molar-refractivity contribution in [3.8, 4) is 0 Å². The van der Waals surface area contributed by atoms with Crippen LogP contribution in [0.1, 0.15) is 50.8 Å². The monoisotopic (exact) mass is 360 g/mol. The first-order chi connectivity index (χ1) is 10.5. The summed E-state index contributed by atoms with van der Waals surface area (Å²) in [7, 11) is 0. The number of fused-ring (bicyclic) bond motifs is 1. The first-order valence-electron chi connectivity index (χ1n) is 7.90. The number of allylic oxidation sites excluding steroid dienone is 2. The Hall–Kier alpha value is -1.42. The van der Waals surface area contributed by atoms with Gasteiger partial charge in [0.1, 0.15) is 5.82 Å². The number of hydrogen-bond acceptors (Lipinski definition) is 2. The fourth-order valence-electron chi connectivity index (χ4n) is 2.60. The van der Waals surface area contributed by atoms with E-state index < -0.39 is 0 Å². The first-order valence-corrected chi connectivity index (χ1v) is 8.70. The number of aromatic nitrogens is 1. The minimum Gasteiger partial charge on any atom is -0.309 e. The van der Waals surface area contributed by atoms with Crippen LogP contribution < -0.4 is 5.32 Å². The van der Waals surface area contributed by atoms with Gasteiger partial charge in [-0.2, -0.15) is 0 Å². The molecule has 1 aromatic heterocycles. The maximum atomic E-state index is 12.1. The Balaban J connectivity index is 1.88. The number of pyridine rings is 1. The highest BCUT2D eigenvalue weighted by Crippen LogP contribution is 2.34. The largest absolute Gasteiger partial charge is 0.309 e. The third-order valence-corrected chi connectivity index (χ3v) is 5.39.